The minimum atomic E-state index is -0.0547. The molecule has 2 amide bonds. The van der Waals surface area contributed by atoms with Gasteiger partial charge in [0.05, 0.1) is 4.88 Å². The number of nitrogens with one attached hydrogen (secondary N) is 1. The molecule has 1 saturated carbocycles. The number of rotatable bonds is 4. The van der Waals surface area contributed by atoms with Crippen LogP contribution in [0.25, 0.3) is 0 Å². The minimum absolute atomic E-state index is 0.0547. The quantitative estimate of drug-likeness (QED) is 0.813. The van der Waals surface area contributed by atoms with Crippen molar-refractivity contribution in [1.82, 2.24) is 10.2 Å². The molecule has 5 heteroatoms. The summed E-state index contributed by atoms with van der Waals surface area (Å²) in [6.45, 7) is 3.70. The first kappa shape index (κ1) is 19.2. The molecule has 1 N–H and O–H groups in total. The average molecular weight is 397 g/mol. The van der Waals surface area contributed by atoms with Gasteiger partial charge in [-0.2, -0.15) is 0 Å². The predicted molar refractivity (Wildman–Crippen MR) is 112 cm³/mol. The van der Waals surface area contributed by atoms with E-state index in [1.165, 1.54) is 30.6 Å². The molecule has 2 heterocycles. The fourth-order valence-electron chi connectivity index (χ4n) is 4.77. The zero-order valence-corrected chi connectivity index (χ0v) is 17.2. The van der Waals surface area contributed by atoms with Crippen molar-refractivity contribution in [2.45, 2.75) is 51.6 Å². The van der Waals surface area contributed by atoms with E-state index in [-0.39, 0.29) is 11.8 Å². The summed E-state index contributed by atoms with van der Waals surface area (Å²) >= 11 is 1.44. The summed E-state index contributed by atoms with van der Waals surface area (Å²) in [6.07, 6.45) is 6.06. The van der Waals surface area contributed by atoms with Crippen LogP contribution in [0.1, 0.15) is 64.6 Å². The largest absolute Gasteiger partial charge is 0.347 e. The molecule has 0 bridgehead atoms. The Balaban J connectivity index is 1.39. The van der Waals surface area contributed by atoms with Crippen LogP contribution in [0.2, 0.25) is 0 Å². The van der Waals surface area contributed by atoms with Crippen LogP contribution in [0, 0.1) is 11.8 Å². The average Bonchev–Trinajstić information content (AvgIpc) is 3.27. The molecule has 1 saturated heterocycles. The molecule has 3 atom stereocenters. The van der Waals surface area contributed by atoms with Gasteiger partial charge in [0.2, 0.25) is 0 Å². The monoisotopic (exact) mass is 396 g/mol. The molecular formula is C23H28N2O2S. The van der Waals surface area contributed by atoms with Gasteiger partial charge in [-0.05, 0) is 60.2 Å². The lowest BCUT2D eigenvalue weighted by Crippen LogP contribution is -2.52. The SMILES string of the molecule is C[C@@H]1CCN(C(=O)c2ccc(CNC(=O)c3cccs3)cc2)[C@H]2CCCC[C@H]12. The van der Waals surface area contributed by atoms with Gasteiger partial charge < -0.3 is 10.2 Å². The highest BCUT2D eigenvalue weighted by Crippen LogP contribution is 2.39. The molecule has 1 aromatic heterocycles. The Bertz CT molecular complexity index is 816. The van der Waals surface area contributed by atoms with Crippen molar-refractivity contribution in [2.75, 3.05) is 6.54 Å². The molecule has 2 fully saturated rings. The van der Waals surface area contributed by atoms with Gasteiger partial charge in [-0.3, -0.25) is 9.59 Å². The highest BCUT2D eigenvalue weighted by molar-refractivity contribution is 7.12. The summed E-state index contributed by atoms with van der Waals surface area (Å²) in [7, 11) is 0. The molecule has 2 aliphatic rings. The number of fused-ring (bicyclic) bond motifs is 1. The van der Waals surface area contributed by atoms with E-state index in [1.54, 1.807) is 0 Å². The second kappa shape index (κ2) is 8.48. The second-order valence-corrected chi connectivity index (χ2v) is 9.08. The van der Waals surface area contributed by atoms with Gasteiger partial charge >= 0.3 is 0 Å². The summed E-state index contributed by atoms with van der Waals surface area (Å²) in [5.41, 5.74) is 1.76. The van der Waals surface area contributed by atoms with Gasteiger partial charge in [0.15, 0.2) is 0 Å². The van der Waals surface area contributed by atoms with E-state index in [4.69, 9.17) is 0 Å². The van der Waals surface area contributed by atoms with Crippen molar-refractivity contribution in [3.8, 4) is 0 Å². The van der Waals surface area contributed by atoms with Gasteiger partial charge in [-0.1, -0.05) is 38.0 Å². The molecule has 148 valence electrons. The maximum Gasteiger partial charge on any atom is 0.261 e. The molecule has 4 rings (SSSR count). The first-order chi connectivity index (χ1) is 13.6. The molecule has 28 heavy (non-hydrogen) atoms. The number of hydrogen-bond donors (Lipinski definition) is 1. The van der Waals surface area contributed by atoms with E-state index in [9.17, 15) is 9.59 Å². The van der Waals surface area contributed by atoms with E-state index in [2.05, 4.69) is 17.1 Å². The maximum absolute atomic E-state index is 13.2. The number of benzene rings is 1. The van der Waals surface area contributed by atoms with Gasteiger partial charge in [0.1, 0.15) is 0 Å². The number of piperidine rings is 1. The Morgan fingerprint density at radius 1 is 1.11 bits per heavy atom. The number of carbonyl (C=O) groups is 2. The van der Waals surface area contributed by atoms with E-state index < -0.39 is 0 Å². The van der Waals surface area contributed by atoms with Crippen LogP contribution in [0.5, 0.6) is 0 Å². The first-order valence-corrected chi connectivity index (χ1v) is 11.2. The summed E-state index contributed by atoms with van der Waals surface area (Å²) in [5.74, 6) is 1.50. The van der Waals surface area contributed by atoms with Crippen LogP contribution in [0.15, 0.2) is 41.8 Å². The van der Waals surface area contributed by atoms with Gasteiger partial charge in [-0.25, -0.2) is 0 Å². The summed E-state index contributed by atoms with van der Waals surface area (Å²) in [5, 5.41) is 4.83. The zero-order chi connectivity index (χ0) is 19.5. The molecule has 1 aliphatic carbocycles. The van der Waals surface area contributed by atoms with E-state index >= 15 is 0 Å². The molecule has 0 spiro atoms. The van der Waals surface area contributed by atoms with Crippen LogP contribution in [0.3, 0.4) is 0 Å². The number of carbonyl (C=O) groups excluding carboxylic acids is 2. The van der Waals surface area contributed by atoms with E-state index in [0.717, 1.165) is 36.4 Å². The lowest BCUT2D eigenvalue weighted by atomic mass is 9.72. The van der Waals surface area contributed by atoms with Gasteiger partial charge in [-0.15, -0.1) is 11.3 Å². The Morgan fingerprint density at radius 2 is 1.89 bits per heavy atom. The summed E-state index contributed by atoms with van der Waals surface area (Å²) in [4.78, 5) is 28.1. The normalized spacial score (nSPS) is 24.5. The lowest BCUT2D eigenvalue weighted by molar-refractivity contribution is 0.0217. The number of thiophene rings is 1. The van der Waals surface area contributed by atoms with Crippen molar-refractivity contribution in [2.24, 2.45) is 11.8 Å². The van der Waals surface area contributed by atoms with E-state index in [0.29, 0.717) is 23.4 Å². The third-order valence-corrected chi connectivity index (χ3v) is 7.27. The number of nitrogens with zero attached hydrogens (tertiary/aromatic N) is 1. The number of amides is 2. The topological polar surface area (TPSA) is 49.4 Å². The van der Waals surface area contributed by atoms with Crippen LogP contribution in [-0.2, 0) is 6.54 Å². The summed E-state index contributed by atoms with van der Waals surface area (Å²) in [6, 6.07) is 11.8. The van der Waals surface area contributed by atoms with Crippen LogP contribution in [-0.4, -0.2) is 29.3 Å². The van der Waals surface area contributed by atoms with Crippen LogP contribution < -0.4 is 5.32 Å². The van der Waals surface area contributed by atoms with Crippen LogP contribution >= 0.6 is 11.3 Å². The zero-order valence-electron chi connectivity index (χ0n) is 16.4. The standard InChI is InChI=1S/C23H28N2O2S/c1-16-12-13-25(20-6-3-2-5-19(16)20)23(27)18-10-8-17(9-11-18)15-24-22(26)21-7-4-14-28-21/h4,7-11,14,16,19-20H,2-3,5-6,12-13,15H2,1H3,(H,24,26)/t16-,19-,20+/m1/s1. The fraction of sp³-hybridized carbons (Fsp3) is 0.478. The predicted octanol–water partition coefficient (Wildman–Crippen LogP) is 4.72. The smallest absolute Gasteiger partial charge is 0.261 e. The van der Waals surface area contributed by atoms with Gasteiger partial charge in [0, 0.05) is 24.7 Å². The highest BCUT2D eigenvalue weighted by Gasteiger charge is 2.39. The lowest BCUT2D eigenvalue weighted by Gasteiger charge is -2.47. The molecule has 0 radical (unpaired) electrons. The first-order valence-electron chi connectivity index (χ1n) is 10.3. The maximum atomic E-state index is 13.2. The highest BCUT2D eigenvalue weighted by atomic mass is 32.1. The molecule has 1 aliphatic heterocycles. The molecule has 4 nitrogen and oxygen atoms in total. The Hall–Kier alpha value is -2.14. The van der Waals surface area contributed by atoms with Crippen molar-refractivity contribution in [1.29, 1.82) is 0 Å². The Morgan fingerprint density at radius 3 is 2.64 bits per heavy atom. The molecule has 0 unspecified atom stereocenters. The molecule has 2 aromatic rings. The number of hydrogen-bond acceptors (Lipinski definition) is 3. The van der Waals surface area contributed by atoms with Crippen molar-refractivity contribution in [3.05, 3.63) is 57.8 Å². The van der Waals surface area contributed by atoms with Crippen molar-refractivity contribution in [3.63, 3.8) is 0 Å². The van der Waals surface area contributed by atoms with E-state index in [1.807, 2.05) is 41.8 Å². The van der Waals surface area contributed by atoms with Crippen molar-refractivity contribution < 1.29 is 9.59 Å². The molecule has 1 aromatic carbocycles. The number of likely N-dealkylation sites (tertiary alicyclic amines) is 1. The Labute approximate surface area is 170 Å². The van der Waals surface area contributed by atoms with Crippen LogP contribution in [0.4, 0.5) is 0 Å². The second-order valence-electron chi connectivity index (χ2n) is 8.14. The third-order valence-electron chi connectivity index (χ3n) is 6.40. The Kier molecular flexibility index (Phi) is 5.81. The van der Waals surface area contributed by atoms with Gasteiger partial charge in [0.25, 0.3) is 11.8 Å². The minimum Gasteiger partial charge on any atom is -0.347 e. The summed E-state index contributed by atoms with van der Waals surface area (Å²) < 4.78 is 0. The molecular weight excluding hydrogens is 368 g/mol. The van der Waals surface area contributed by atoms with Crippen molar-refractivity contribution >= 4 is 23.2 Å². The fourth-order valence-corrected chi connectivity index (χ4v) is 5.41. The third kappa shape index (κ3) is 4.00.